The lowest BCUT2D eigenvalue weighted by molar-refractivity contribution is 0.0948. The SMILES string of the molecule is CCN(CC)CCNC(=O)c1cc(NC(=O)c2cccc(F)c2)ccc1N1CCCCC1. The number of likely N-dealkylation sites (N-methyl/N-ethyl adjacent to an activating group) is 1. The van der Waals surface area contributed by atoms with Crippen LogP contribution in [0.1, 0.15) is 53.8 Å². The number of benzene rings is 2. The van der Waals surface area contributed by atoms with Crippen molar-refractivity contribution in [2.24, 2.45) is 0 Å². The van der Waals surface area contributed by atoms with E-state index in [4.69, 9.17) is 0 Å². The molecule has 2 aromatic carbocycles. The highest BCUT2D eigenvalue weighted by molar-refractivity contribution is 6.06. The fraction of sp³-hybridized carbons (Fsp3) is 0.440. The van der Waals surface area contributed by atoms with Crippen molar-refractivity contribution in [2.75, 3.05) is 49.5 Å². The number of nitrogens with one attached hydrogen (secondary N) is 2. The van der Waals surface area contributed by atoms with Crippen molar-refractivity contribution >= 4 is 23.2 Å². The van der Waals surface area contributed by atoms with Crippen LogP contribution in [0.4, 0.5) is 15.8 Å². The van der Waals surface area contributed by atoms with E-state index in [1.165, 1.54) is 24.6 Å². The predicted octanol–water partition coefficient (Wildman–Crippen LogP) is 4.14. The molecule has 1 fully saturated rings. The summed E-state index contributed by atoms with van der Waals surface area (Å²) in [5.74, 6) is -1.03. The molecule has 0 unspecified atom stereocenters. The Bertz CT molecular complexity index is 924. The van der Waals surface area contributed by atoms with Gasteiger partial charge in [-0.15, -0.1) is 0 Å². The van der Waals surface area contributed by atoms with Gasteiger partial charge in [0.1, 0.15) is 5.82 Å². The molecule has 0 saturated carbocycles. The van der Waals surface area contributed by atoms with Crippen LogP contribution in [0, 0.1) is 5.82 Å². The van der Waals surface area contributed by atoms with E-state index in [0.29, 0.717) is 17.8 Å². The summed E-state index contributed by atoms with van der Waals surface area (Å²) >= 11 is 0. The van der Waals surface area contributed by atoms with Gasteiger partial charge in [0.2, 0.25) is 0 Å². The van der Waals surface area contributed by atoms with Gasteiger partial charge in [-0.2, -0.15) is 0 Å². The van der Waals surface area contributed by atoms with E-state index in [0.717, 1.165) is 51.3 Å². The Hall–Kier alpha value is -2.93. The van der Waals surface area contributed by atoms with Crippen LogP contribution in [-0.4, -0.2) is 56.0 Å². The summed E-state index contributed by atoms with van der Waals surface area (Å²) in [6.45, 7) is 9.24. The summed E-state index contributed by atoms with van der Waals surface area (Å²) in [5, 5.41) is 5.82. The van der Waals surface area contributed by atoms with Crippen molar-refractivity contribution in [3.63, 3.8) is 0 Å². The minimum absolute atomic E-state index is 0.153. The lowest BCUT2D eigenvalue weighted by atomic mass is 10.1. The third-order valence-electron chi connectivity index (χ3n) is 5.89. The second-order valence-corrected chi connectivity index (χ2v) is 8.03. The van der Waals surface area contributed by atoms with Gasteiger partial charge in [0.15, 0.2) is 0 Å². The van der Waals surface area contributed by atoms with Gasteiger partial charge in [0.25, 0.3) is 11.8 Å². The molecule has 3 rings (SSSR count). The average molecular weight is 441 g/mol. The molecule has 2 aromatic rings. The largest absolute Gasteiger partial charge is 0.371 e. The standard InChI is InChI=1S/C25H33FN4O2/c1-3-29(4-2)16-13-27-25(32)22-18-21(11-12-23(22)30-14-6-5-7-15-30)28-24(31)19-9-8-10-20(26)17-19/h8-12,17-18H,3-7,13-16H2,1-2H3,(H,27,32)(H,28,31). The van der Waals surface area contributed by atoms with Crippen LogP contribution in [0.2, 0.25) is 0 Å². The molecule has 1 saturated heterocycles. The van der Waals surface area contributed by atoms with Gasteiger partial charge in [-0.25, -0.2) is 4.39 Å². The first kappa shape index (κ1) is 23.7. The number of carbonyl (C=O) groups is 2. The summed E-state index contributed by atoms with van der Waals surface area (Å²) in [6, 6.07) is 11.0. The van der Waals surface area contributed by atoms with E-state index in [9.17, 15) is 14.0 Å². The van der Waals surface area contributed by atoms with Crippen LogP contribution in [0.25, 0.3) is 0 Å². The molecule has 1 heterocycles. The summed E-state index contributed by atoms with van der Waals surface area (Å²) in [5.41, 5.74) is 2.17. The third kappa shape index (κ3) is 6.29. The minimum Gasteiger partial charge on any atom is -0.371 e. The molecule has 0 radical (unpaired) electrons. The lowest BCUT2D eigenvalue weighted by Crippen LogP contribution is -2.36. The molecular weight excluding hydrogens is 407 g/mol. The third-order valence-corrected chi connectivity index (χ3v) is 5.89. The zero-order valence-electron chi connectivity index (χ0n) is 19.0. The van der Waals surface area contributed by atoms with Crippen molar-refractivity contribution in [3.8, 4) is 0 Å². The molecule has 6 nitrogen and oxygen atoms in total. The highest BCUT2D eigenvalue weighted by Gasteiger charge is 2.20. The molecule has 0 aliphatic carbocycles. The van der Waals surface area contributed by atoms with Crippen LogP contribution in [-0.2, 0) is 0 Å². The zero-order chi connectivity index (χ0) is 22.9. The number of hydrogen-bond donors (Lipinski definition) is 2. The minimum atomic E-state index is -0.466. The van der Waals surface area contributed by atoms with Crippen LogP contribution < -0.4 is 15.5 Å². The van der Waals surface area contributed by atoms with E-state index < -0.39 is 11.7 Å². The molecule has 172 valence electrons. The summed E-state index contributed by atoms with van der Waals surface area (Å²) in [7, 11) is 0. The Balaban J connectivity index is 1.79. The fourth-order valence-corrected chi connectivity index (χ4v) is 4.00. The number of piperidine rings is 1. The number of nitrogens with zero attached hydrogens (tertiary/aromatic N) is 2. The molecule has 0 bridgehead atoms. The van der Waals surface area contributed by atoms with Crippen molar-refractivity contribution in [1.82, 2.24) is 10.2 Å². The second kappa shape index (κ2) is 11.6. The molecular formula is C25H33FN4O2. The van der Waals surface area contributed by atoms with Gasteiger partial charge in [-0.3, -0.25) is 9.59 Å². The first-order valence-electron chi connectivity index (χ1n) is 11.5. The molecule has 7 heteroatoms. The summed E-state index contributed by atoms with van der Waals surface area (Å²) in [6.07, 6.45) is 3.39. The van der Waals surface area contributed by atoms with Crippen LogP contribution in [0.15, 0.2) is 42.5 Å². The van der Waals surface area contributed by atoms with Crippen molar-refractivity contribution in [2.45, 2.75) is 33.1 Å². The van der Waals surface area contributed by atoms with Gasteiger partial charge in [0.05, 0.1) is 5.56 Å². The quantitative estimate of drug-likeness (QED) is 0.615. The monoisotopic (exact) mass is 440 g/mol. The Kier molecular flexibility index (Phi) is 8.62. The average Bonchev–Trinajstić information content (AvgIpc) is 2.82. The van der Waals surface area contributed by atoms with Crippen LogP contribution in [0.5, 0.6) is 0 Å². The first-order chi connectivity index (χ1) is 15.5. The number of carbonyl (C=O) groups excluding carboxylic acids is 2. The maximum Gasteiger partial charge on any atom is 0.255 e. The molecule has 2 N–H and O–H groups in total. The van der Waals surface area contributed by atoms with Gasteiger partial charge in [-0.1, -0.05) is 19.9 Å². The smallest absolute Gasteiger partial charge is 0.255 e. The molecule has 0 aromatic heterocycles. The normalized spacial score (nSPS) is 13.8. The molecule has 1 aliphatic rings. The molecule has 0 spiro atoms. The van der Waals surface area contributed by atoms with Crippen LogP contribution >= 0.6 is 0 Å². The van der Waals surface area contributed by atoms with Gasteiger partial charge >= 0.3 is 0 Å². The van der Waals surface area contributed by atoms with Gasteiger partial charge in [0, 0.05) is 43.1 Å². The second-order valence-electron chi connectivity index (χ2n) is 8.03. The first-order valence-corrected chi connectivity index (χ1v) is 11.5. The van der Waals surface area contributed by atoms with E-state index >= 15 is 0 Å². The molecule has 32 heavy (non-hydrogen) atoms. The van der Waals surface area contributed by atoms with Crippen LogP contribution in [0.3, 0.4) is 0 Å². The fourth-order valence-electron chi connectivity index (χ4n) is 4.00. The van der Waals surface area contributed by atoms with Gasteiger partial charge in [-0.05, 0) is 68.8 Å². The summed E-state index contributed by atoms with van der Waals surface area (Å²) in [4.78, 5) is 30.1. The number of anilines is 2. The predicted molar refractivity (Wildman–Crippen MR) is 127 cm³/mol. The van der Waals surface area contributed by atoms with Crippen molar-refractivity contribution in [3.05, 3.63) is 59.4 Å². The van der Waals surface area contributed by atoms with E-state index in [1.807, 2.05) is 6.07 Å². The Morgan fingerprint density at radius 3 is 2.44 bits per heavy atom. The van der Waals surface area contributed by atoms with E-state index in [2.05, 4.69) is 34.3 Å². The highest BCUT2D eigenvalue weighted by Crippen LogP contribution is 2.27. The highest BCUT2D eigenvalue weighted by atomic mass is 19.1. The Morgan fingerprint density at radius 1 is 1.00 bits per heavy atom. The summed E-state index contributed by atoms with van der Waals surface area (Å²) < 4.78 is 13.5. The number of hydrogen-bond acceptors (Lipinski definition) is 4. The lowest BCUT2D eigenvalue weighted by Gasteiger charge is -2.30. The zero-order valence-corrected chi connectivity index (χ0v) is 19.0. The Labute approximate surface area is 189 Å². The molecule has 2 amide bonds. The number of halogens is 1. The van der Waals surface area contributed by atoms with Crippen molar-refractivity contribution in [1.29, 1.82) is 0 Å². The maximum atomic E-state index is 13.5. The number of amides is 2. The molecule has 1 aliphatic heterocycles. The van der Waals surface area contributed by atoms with Gasteiger partial charge < -0.3 is 20.4 Å². The molecule has 0 atom stereocenters. The number of rotatable bonds is 9. The Morgan fingerprint density at radius 2 is 1.75 bits per heavy atom. The van der Waals surface area contributed by atoms with Crippen molar-refractivity contribution < 1.29 is 14.0 Å². The van der Waals surface area contributed by atoms with E-state index in [1.54, 1.807) is 18.2 Å². The maximum absolute atomic E-state index is 13.5. The topological polar surface area (TPSA) is 64.7 Å². The van der Waals surface area contributed by atoms with E-state index in [-0.39, 0.29) is 11.5 Å².